The van der Waals surface area contributed by atoms with E-state index in [1.165, 1.54) is 0 Å². The third-order valence-corrected chi connectivity index (χ3v) is 4.20. The number of nitrogens with zero attached hydrogens (tertiary/aromatic N) is 2. The van der Waals surface area contributed by atoms with Crippen LogP contribution in [0, 0.1) is 6.92 Å². The highest BCUT2D eigenvalue weighted by Gasteiger charge is 2.10. The van der Waals surface area contributed by atoms with E-state index in [2.05, 4.69) is 10.6 Å². The van der Waals surface area contributed by atoms with Crippen LogP contribution in [0.1, 0.15) is 17.5 Å². The van der Waals surface area contributed by atoms with E-state index < -0.39 is 0 Å². The molecule has 3 amide bonds. The summed E-state index contributed by atoms with van der Waals surface area (Å²) in [5.41, 5.74) is 4.02. The average molecular weight is 368 g/mol. The third-order valence-electron chi connectivity index (χ3n) is 4.20. The van der Waals surface area contributed by atoms with Gasteiger partial charge in [0, 0.05) is 52.0 Å². The molecule has 0 aliphatic carbocycles. The van der Waals surface area contributed by atoms with Crippen LogP contribution in [0.3, 0.4) is 0 Å². The number of benzene rings is 2. The lowest BCUT2D eigenvalue weighted by atomic mass is 10.1. The van der Waals surface area contributed by atoms with Crippen LogP contribution in [-0.4, -0.2) is 44.5 Å². The van der Waals surface area contributed by atoms with E-state index in [4.69, 9.17) is 0 Å². The number of hydrogen-bond donors (Lipinski definition) is 2. The van der Waals surface area contributed by atoms with Gasteiger partial charge in [0.1, 0.15) is 0 Å². The molecular formula is C21H28N4O2. The Morgan fingerprint density at radius 3 is 2.33 bits per heavy atom. The van der Waals surface area contributed by atoms with Crippen LogP contribution in [0.4, 0.5) is 16.2 Å². The molecule has 0 heterocycles. The molecular weight excluding hydrogens is 340 g/mol. The van der Waals surface area contributed by atoms with Crippen LogP contribution in [0.5, 0.6) is 0 Å². The zero-order valence-corrected chi connectivity index (χ0v) is 16.5. The van der Waals surface area contributed by atoms with E-state index in [1.54, 1.807) is 11.9 Å². The molecule has 0 spiro atoms. The number of carbonyl (C=O) groups is 2. The van der Waals surface area contributed by atoms with Crippen molar-refractivity contribution in [1.82, 2.24) is 10.2 Å². The summed E-state index contributed by atoms with van der Waals surface area (Å²) in [6.07, 6.45) is 0.222. The van der Waals surface area contributed by atoms with Gasteiger partial charge in [0.2, 0.25) is 5.91 Å². The number of nitrogens with one attached hydrogen (secondary N) is 2. The number of carbonyl (C=O) groups excluding carboxylic acids is 2. The summed E-state index contributed by atoms with van der Waals surface area (Å²) < 4.78 is 0. The van der Waals surface area contributed by atoms with E-state index in [0.717, 1.165) is 22.5 Å². The van der Waals surface area contributed by atoms with Gasteiger partial charge in [0.25, 0.3) is 0 Å². The van der Waals surface area contributed by atoms with Crippen LogP contribution >= 0.6 is 0 Å². The molecule has 2 rings (SSSR count). The van der Waals surface area contributed by atoms with Crippen LogP contribution < -0.4 is 15.5 Å². The zero-order valence-electron chi connectivity index (χ0n) is 16.5. The predicted molar refractivity (Wildman–Crippen MR) is 110 cm³/mol. The number of anilines is 2. The first-order valence-corrected chi connectivity index (χ1v) is 8.97. The van der Waals surface area contributed by atoms with Crippen molar-refractivity contribution in [2.45, 2.75) is 19.9 Å². The second-order valence-corrected chi connectivity index (χ2v) is 6.77. The van der Waals surface area contributed by atoms with E-state index in [9.17, 15) is 9.59 Å². The summed E-state index contributed by atoms with van der Waals surface area (Å²) in [6.45, 7) is 2.82. The summed E-state index contributed by atoms with van der Waals surface area (Å²) in [6, 6.07) is 15.4. The molecule has 0 aliphatic rings. The molecule has 6 nitrogen and oxygen atoms in total. The summed E-state index contributed by atoms with van der Waals surface area (Å²) in [5.74, 6) is -0.127. The van der Waals surface area contributed by atoms with Crippen LogP contribution in [0.2, 0.25) is 0 Å². The molecule has 0 atom stereocenters. The first kappa shape index (κ1) is 20.3. The molecule has 144 valence electrons. The fourth-order valence-corrected chi connectivity index (χ4v) is 2.81. The molecule has 0 bridgehead atoms. The predicted octanol–water partition coefficient (Wildman–Crippen LogP) is 3.23. The van der Waals surface area contributed by atoms with Crippen LogP contribution in [0.25, 0.3) is 0 Å². The maximum Gasteiger partial charge on any atom is 0.317 e. The SMILES string of the molecule is Cc1cc(NC(=O)CCNC(=O)N(C)Cc2ccccc2)ccc1N(C)C. The first-order chi connectivity index (χ1) is 12.9. The topological polar surface area (TPSA) is 64.7 Å². The second-order valence-electron chi connectivity index (χ2n) is 6.77. The van der Waals surface area contributed by atoms with E-state index in [-0.39, 0.29) is 18.4 Å². The Kier molecular flexibility index (Phi) is 7.23. The second kappa shape index (κ2) is 9.62. The van der Waals surface area contributed by atoms with Crippen molar-refractivity contribution in [2.24, 2.45) is 0 Å². The number of rotatable bonds is 7. The zero-order chi connectivity index (χ0) is 19.8. The standard InChI is InChI=1S/C21H28N4O2/c1-16-14-18(10-11-19(16)24(2)3)23-20(26)12-13-22-21(27)25(4)15-17-8-6-5-7-9-17/h5-11,14H,12-13,15H2,1-4H3,(H,22,27)(H,23,26). The Bertz CT molecular complexity index is 775. The van der Waals surface area contributed by atoms with Crippen molar-refractivity contribution < 1.29 is 9.59 Å². The highest BCUT2D eigenvalue weighted by atomic mass is 16.2. The molecule has 0 radical (unpaired) electrons. The van der Waals surface area contributed by atoms with Gasteiger partial charge in [-0.2, -0.15) is 0 Å². The van der Waals surface area contributed by atoms with Crippen molar-refractivity contribution >= 4 is 23.3 Å². The summed E-state index contributed by atoms with van der Waals surface area (Å²) in [7, 11) is 5.70. The van der Waals surface area contributed by atoms with Gasteiger partial charge in [0.05, 0.1) is 0 Å². The summed E-state index contributed by atoms with van der Waals surface area (Å²) in [5, 5.41) is 5.64. The van der Waals surface area contributed by atoms with Gasteiger partial charge >= 0.3 is 6.03 Å². The lowest BCUT2D eigenvalue weighted by Gasteiger charge is -2.18. The lowest BCUT2D eigenvalue weighted by Crippen LogP contribution is -2.38. The van der Waals surface area contributed by atoms with E-state index in [0.29, 0.717) is 13.1 Å². The molecule has 2 aromatic rings. The molecule has 27 heavy (non-hydrogen) atoms. The van der Waals surface area contributed by atoms with E-state index >= 15 is 0 Å². The van der Waals surface area contributed by atoms with Gasteiger partial charge in [-0.15, -0.1) is 0 Å². The third kappa shape index (κ3) is 6.33. The number of aryl methyl sites for hydroxylation is 1. The van der Waals surface area contributed by atoms with Crippen molar-refractivity contribution in [3.05, 3.63) is 59.7 Å². The largest absolute Gasteiger partial charge is 0.377 e. The Morgan fingerprint density at radius 2 is 1.70 bits per heavy atom. The molecule has 0 unspecified atom stereocenters. The molecule has 0 aromatic heterocycles. The van der Waals surface area contributed by atoms with Crippen molar-refractivity contribution in [1.29, 1.82) is 0 Å². The number of amides is 3. The van der Waals surface area contributed by atoms with Gasteiger partial charge in [-0.1, -0.05) is 30.3 Å². The Balaban J connectivity index is 1.75. The quantitative estimate of drug-likeness (QED) is 0.789. The van der Waals surface area contributed by atoms with Crippen LogP contribution in [-0.2, 0) is 11.3 Å². The van der Waals surface area contributed by atoms with Gasteiger partial charge < -0.3 is 20.4 Å². The fraction of sp³-hybridized carbons (Fsp3) is 0.333. The maximum absolute atomic E-state index is 12.1. The summed E-state index contributed by atoms with van der Waals surface area (Å²) >= 11 is 0. The molecule has 0 aliphatic heterocycles. The van der Waals surface area contributed by atoms with Crippen molar-refractivity contribution in [3.8, 4) is 0 Å². The first-order valence-electron chi connectivity index (χ1n) is 8.97. The van der Waals surface area contributed by atoms with Crippen LogP contribution in [0.15, 0.2) is 48.5 Å². The number of urea groups is 1. The lowest BCUT2D eigenvalue weighted by molar-refractivity contribution is -0.116. The normalized spacial score (nSPS) is 10.2. The smallest absolute Gasteiger partial charge is 0.317 e. The van der Waals surface area contributed by atoms with Gasteiger partial charge in [0.15, 0.2) is 0 Å². The Labute approximate surface area is 161 Å². The molecule has 0 fully saturated rings. The molecule has 2 aromatic carbocycles. The molecule has 0 saturated carbocycles. The maximum atomic E-state index is 12.1. The van der Waals surface area contributed by atoms with Crippen molar-refractivity contribution in [3.63, 3.8) is 0 Å². The highest BCUT2D eigenvalue weighted by molar-refractivity contribution is 5.91. The molecule has 6 heteroatoms. The van der Waals surface area contributed by atoms with E-state index in [1.807, 2.05) is 74.4 Å². The highest BCUT2D eigenvalue weighted by Crippen LogP contribution is 2.21. The summed E-state index contributed by atoms with van der Waals surface area (Å²) in [4.78, 5) is 27.8. The average Bonchev–Trinajstić information content (AvgIpc) is 2.62. The molecule has 0 saturated heterocycles. The minimum absolute atomic E-state index is 0.127. The van der Waals surface area contributed by atoms with Gasteiger partial charge in [-0.05, 0) is 36.2 Å². The van der Waals surface area contributed by atoms with Gasteiger partial charge in [-0.3, -0.25) is 4.79 Å². The minimum atomic E-state index is -0.196. The Morgan fingerprint density at radius 1 is 1.00 bits per heavy atom. The Hall–Kier alpha value is -3.02. The fourth-order valence-electron chi connectivity index (χ4n) is 2.81. The van der Waals surface area contributed by atoms with Crippen molar-refractivity contribution in [2.75, 3.05) is 37.9 Å². The van der Waals surface area contributed by atoms with Gasteiger partial charge in [-0.25, -0.2) is 4.79 Å². The molecule has 2 N–H and O–H groups in total. The minimum Gasteiger partial charge on any atom is -0.377 e. The monoisotopic (exact) mass is 368 g/mol. The number of hydrogen-bond acceptors (Lipinski definition) is 3.